The zero-order valence-corrected chi connectivity index (χ0v) is 13.9. The topological polar surface area (TPSA) is 53.3 Å². The van der Waals surface area contributed by atoms with Crippen molar-refractivity contribution < 1.29 is 14.3 Å². The van der Waals surface area contributed by atoms with Gasteiger partial charge in [-0.2, -0.15) is 0 Å². The molecule has 3 aromatic rings. The smallest absolute Gasteiger partial charge is 0.200 e. The zero-order chi connectivity index (χ0) is 17.1. The number of ether oxygens (including phenoxy) is 2. The zero-order valence-electron chi connectivity index (χ0n) is 13.2. The molecule has 3 rings (SSSR count). The monoisotopic (exact) mass is 342 g/mol. The minimum Gasteiger partial charge on any atom is -0.493 e. The number of aromatic nitrogens is 2. The maximum absolute atomic E-state index is 13.1. The lowest BCUT2D eigenvalue weighted by atomic mass is 10.0. The predicted molar refractivity (Wildman–Crippen MR) is 91.6 cm³/mol. The summed E-state index contributed by atoms with van der Waals surface area (Å²) in [5.74, 6) is 1.12. The molecule has 6 heteroatoms. The molecular formula is C18H15ClN2O3. The van der Waals surface area contributed by atoms with E-state index in [1.165, 1.54) is 20.4 Å². The number of carbonyl (C=O) groups excluding carboxylic acids is 1. The van der Waals surface area contributed by atoms with E-state index in [0.29, 0.717) is 33.5 Å². The summed E-state index contributed by atoms with van der Waals surface area (Å²) in [7, 11) is 3.02. The van der Waals surface area contributed by atoms with Gasteiger partial charge in [0.15, 0.2) is 11.5 Å². The fraction of sp³-hybridized carbons (Fsp3) is 0.111. The van der Waals surface area contributed by atoms with Gasteiger partial charge in [-0.1, -0.05) is 17.7 Å². The molecule has 0 aliphatic rings. The molecule has 0 saturated heterocycles. The van der Waals surface area contributed by atoms with Crippen molar-refractivity contribution in [2.24, 2.45) is 0 Å². The van der Waals surface area contributed by atoms with E-state index in [9.17, 15) is 4.79 Å². The molecule has 2 aromatic heterocycles. The van der Waals surface area contributed by atoms with Crippen LogP contribution in [0.3, 0.4) is 0 Å². The molecule has 0 saturated carbocycles. The van der Waals surface area contributed by atoms with Crippen LogP contribution in [0.2, 0.25) is 5.02 Å². The number of hydrogen-bond acceptors (Lipinski definition) is 4. The van der Waals surface area contributed by atoms with Crippen LogP contribution in [0.15, 0.2) is 55.0 Å². The van der Waals surface area contributed by atoms with Gasteiger partial charge in [0.2, 0.25) is 5.78 Å². The lowest BCUT2D eigenvalue weighted by Gasteiger charge is -2.14. The number of nitrogens with zero attached hydrogens (tertiary/aromatic N) is 2. The summed E-state index contributed by atoms with van der Waals surface area (Å²) in [5.41, 5.74) is 0.763. The van der Waals surface area contributed by atoms with Crippen molar-refractivity contribution in [3.63, 3.8) is 0 Å². The van der Waals surface area contributed by atoms with Crippen molar-refractivity contribution in [1.29, 1.82) is 0 Å². The van der Waals surface area contributed by atoms with Gasteiger partial charge in [-0.05, 0) is 30.3 Å². The van der Waals surface area contributed by atoms with E-state index in [1.807, 2.05) is 24.5 Å². The highest BCUT2D eigenvalue weighted by molar-refractivity contribution is 6.31. The fourth-order valence-corrected chi connectivity index (χ4v) is 2.65. The number of pyridine rings is 1. The van der Waals surface area contributed by atoms with E-state index >= 15 is 0 Å². The van der Waals surface area contributed by atoms with E-state index in [1.54, 1.807) is 28.8 Å². The Balaban J connectivity index is 2.17. The third-order valence-corrected chi connectivity index (χ3v) is 3.78. The van der Waals surface area contributed by atoms with Crippen LogP contribution in [0.5, 0.6) is 11.5 Å². The maximum Gasteiger partial charge on any atom is 0.200 e. The summed E-state index contributed by atoms with van der Waals surface area (Å²) in [4.78, 5) is 17.4. The Morgan fingerprint density at radius 3 is 2.50 bits per heavy atom. The third kappa shape index (κ3) is 2.86. The van der Waals surface area contributed by atoms with Gasteiger partial charge in [0, 0.05) is 18.6 Å². The van der Waals surface area contributed by atoms with Crippen LogP contribution < -0.4 is 9.47 Å². The molecule has 0 bridgehead atoms. The first kappa shape index (κ1) is 16.1. The Morgan fingerprint density at radius 2 is 1.83 bits per heavy atom. The number of carbonyl (C=O) groups is 1. The molecule has 0 aliphatic heterocycles. The van der Waals surface area contributed by atoms with E-state index in [2.05, 4.69) is 4.98 Å². The quantitative estimate of drug-likeness (QED) is 0.662. The van der Waals surface area contributed by atoms with Crippen LogP contribution >= 0.6 is 11.6 Å². The number of halogens is 1. The summed E-state index contributed by atoms with van der Waals surface area (Å²) in [6.45, 7) is 0. The van der Waals surface area contributed by atoms with Crippen molar-refractivity contribution >= 4 is 17.4 Å². The molecule has 24 heavy (non-hydrogen) atoms. The molecule has 0 radical (unpaired) electrons. The van der Waals surface area contributed by atoms with Crippen LogP contribution in [-0.4, -0.2) is 29.6 Å². The molecule has 2 heterocycles. The van der Waals surface area contributed by atoms with Crippen LogP contribution in [-0.2, 0) is 0 Å². The molecule has 122 valence electrons. The molecule has 0 unspecified atom stereocenters. The summed E-state index contributed by atoms with van der Waals surface area (Å²) >= 11 is 6.06. The largest absolute Gasteiger partial charge is 0.493 e. The van der Waals surface area contributed by atoms with E-state index in [4.69, 9.17) is 21.1 Å². The first-order chi connectivity index (χ1) is 11.7. The fourth-order valence-electron chi connectivity index (χ4n) is 2.49. The molecule has 0 N–H and O–H groups in total. The van der Waals surface area contributed by atoms with Crippen LogP contribution in [0.4, 0.5) is 0 Å². The molecule has 0 aliphatic carbocycles. The van der Waals surface area contributed by atoms with Crippen molar-refractivity contribution in [1.82, 2.24) is 9.55 Å². The standard InChI is InChI=1S/C18H15ClN2O3/c1-23-15-7-5-6-13(17(15)24-2)16(22)14-10-12(19)11-20-18(14)21-8-3-4-9-21/h3-11H,1-2H3. The van der Waals surface area contributed by atoms with Gasteiger partial charge >= 0.3 is 0 Å². The number of hydrogen-bond donors (Lipinski definition) is 0. The van der Waals surface area contributed by atoms with Crippen LogP contribution in [0.25, 0.3) is 5.82 Å². The number of benzene rings is 1. The Labute approximate surface area is 144 Å². The second-order valence-electron chi connectivity index (χ2n) is 4.99. The van der Waals surface area contributed by atoms with E-state index in [-0.39, 0.29) is 5.78 Å². The normalized spacial score (nSPS) is 10.5. The van der Waals surface area contributed by atoms with Crippen molar-refractivity contribution in [3.05, 3.63) is 71.1 Å². The number of para-hydroxylation sites is 1. The highest BCUT2D eigenvalue weighted by Gasteiger charge is 2.22. The second kappa shape index (κ2) is 6.76. The Morgan fingerprint density at radius 1 is 1.08 bits per heavy atom. The van der Waals surface area contributed by atoms with Crippen molar-refractivity contribution in [2.45, 2.75) is 0 Å². The number of methoxy groups -OCH3 is 2. The average molecular weight is 343 g/mol. The Hall–Kier alpha value is -2.79. The Kier molecular flexibility index (Phi) is 4.53. The highest BCUT2D eigenvalue weighted by atomic mass is 35.5. The van der Waals surface area contributed by atoms with Crippen molar-refractivity contribution in [2.75, 3.05) is 14.2 Å². The molecular weight excluding hydrogens is 328 g/mol. The van der Waals surface area contributed by atoms with Gasteiger partial charge in [-0.3, -0.25) is 4.79 Å². The summed E-state index contributed by atoms with van der Waals surface area (Å²) < 4.78 is 12.4. The first-order valence-electron chi connectivity index (χ1n) is 7.20. The molecule has 5 nitrogen and oxygen atoms in total. The predicted octanol–water partition coefficient (Wildman–Crippen LogP) is 3.77. The lowest BCUT2D eigenvalue weighted by Crippen LogP contribution is -2.10. The average Bonchev–Trinajstić information content (AvgIpc) is 3.14. The molecule has 0 atom stereocenters. The first-order valence-corrected chi connectivity index (χ1v) is 7.58. The summed E-state index contributed by atoms with van der Waals surface area (Å²) in [5, 5.41) is 0.385. The summed E-state index contributed by atoms with van der Waals surface area (Å²) in [6.07, 6.45) is 5.14. The van der Waals surface area contributed by atoms with Crippen molar-refractivity contribution in [3.8, 4) is 17.3 Å². The number of ketones is 1. The van der Waals surface area contributed by atoms with Gasteiger partial charge in [0.05, 0.1) is 30.4 Å². The van der Waals surface area contributed by atoms with Gasteiger partial charge in [0.1, 0.15) is 5.82 Å². The third-order valence-electron chi connectivity index (χ3n) is 3.57. The minimum absolute atomic E-state index is 0.246. The molecule has 0 amide bonds. The summed E-state index contributed by atoms with van der Waals surface area (Å²) in [6, 6.07) is 10.5. The lowest BCUT2D eigenvalue weighted by molar-refractivity contribution is 0.103. The van der Waals surface area contributed by atoms with Crippen LogP contribution in [0, 0.1) is 0 Å². The SMILES string of the molecule is COc1cccc(C(=O)c2cc(Cl)cnc2-n2cccc2)c1OC. The second-order valence-corrected chi connectivity index (χ2v) is 5.42. The van der Waals surface area contributed by atoms with E-state index < -0.39 is 0 Å². The number of rotatable bonds is 5. The van der Waals surface area contributed by atoms with Gasteiger partial charge in [-0.15, -0.1) is 0 Å². The molecule has 0 spiro atoms. The minimum atomic E-state index is -0.246. The van der Waals surface area contributed by atoms with Gasteiger partial charge in [0.25, 0.3) is 0 Å². The maximum atomic E-state index is 13.1. The van der Waals surface area contributed by atoms with Gasteiger partial charge < -0.3 is 14.0 Å². The molecule has 1 aromatic carbocycles. The molecule has 0 fully saturated rings. The van der Waals surface area contributed by atoms with E-state index in [0.717, 1.165) is 0 Å². The highest BCUT2D eigenvalue weighted by Crippen LogP contribution is 2.33. The Bertz CT molecular complexity index is 876. The van der Waals surface area contributed by atoms with Crippen LogP contribution in [0.1, 0.15) is 15.9 Å². The van der Waals surface area contributed by atoms with Gasteiger partial charge in [-0.25, -0.2) is 4.98 Å².